The molecule has 2 aromatic carbocycles. The number of phenolic OH excluding ortho intramolecular Hbond substituents is 2. The van der Waals surface area contributed by atoms with E-state index in [-0.39, 0.29) is 33.7 Å². The standard InChI is InChI=1S/C23H32N2O5/c1-22(2,3)15-9-13(29-7)11-17(19(15)26)24-21(28)25-18-12-14(30-8)10-16(20(18)27)23(4,5)6/h9-12,26-27H,1-8H3,(H2,24,25,28). The number of phenols is 2. The number of aromatic hydroxyl groups is 2. The highest BCUT2D eigenvalue weighted by atomic mass is 16.5. The van der Waals surface area contributed by atoms with Crippen LogP contribution in [-0.2, 0) is 10.8 Å². The summed E-state index contributed by atoms with van der Waals surface area (Å²) in [5.41, 5.74) is 0.953. The molecular formula is C23H32N2O5. The van der Waals surface area contributed by atoms with Crippen molar-refractivity contribution in [3.8, 4) is 23.0 Å². The Morgan fingerprint density at radius 3 is 1.33 bits per heavy atom. The maximum absolute atomic E-state index is 12.7. The van der Waals surface area contributed by atoms with Gasteiger partial charge in [-0.25, -0.2) is 4.79 Å². The molecule has 4 N–H and O–H groups in total. The molecule has 164 valence electrons. The topological polar surface area (TPSA) is 100 Å². The maximum Gasteiger partial charge on any atom is 0.323 e. The summed E-state index contributed by atoms with van der Waals surface area (Å²) in [6, 6.07) is 5.93. The van der Waals surface area contributed by atoms with Crippen LogP contribution in [0.3, 0.4) is 0 Å². The zero-order valence-electron chi connectivity index (χ0n) is 18.9. The smallest absolute Gasteiger partial charge is 0.323 e. The SMILES string of the molecule is COc1cc(NC(=O)Nc2cc(OC)cc(C(C)(C)C)c2O)c(O)c(C(C)(C)C)c1. The lowest BCUT2D eigenvalue weighted by atomic mass is 9.85. The number of nitrogens with one attached hydrogen (secondary N) is 2. The molecule has 0 heterocycles. The Hall–Kier alpha value is -3.09. The second-order valence-corrected chi connectivity index (χ2v) is 9.22. The fraction of sp³-hybridized carbons (Fsp3) is 0.435. The van der Waals surface area contributed by atoms with E-state index in [9.17, 15) is 15.0 Å². The second-order valence-electron chi connectivity index (χ2n) is 9.22. The molecule has 0 atom stereocenters. The minimum atomic E-state index is -0.623. The molecule has 2 aromatic rings. The Bertz CT molecular complexity index is 865. The number of methoxy groups -OCH3 is 2. The molecule has 7 nitrogen and oxygen atoms in total. The maximum atomic E-state index is 12.7. The fourth-order valence-electron chi connectivity index (χ4n) is 3.06. The van der Waals surface area contributed by atoms with E-state index in [2.05, 4.69) is 10.6 Å². The molecular weight excluding hydrogens is 384 g/mol. The number of rotatable bonds is 4. The van der Waals surface area contributed by atoms with Crippen LogP contribution in [0.25, 0.3) is 0 Å². The monoisotopic (exact) mass is 416 g/mol. The average molecular weight is 417 g/mol. The highest BCUT2D eigenvalue weighted by molar-refractivity contribution is 6.02. The van der Waals surface area contributed by atoms with Crippen molar-refractivity contribution < 1.29 is 24.5 Å². The van der Waals surface area contributed by atoms with E-state index in [4.69, 9.17) is 9.47 Å². The van der Waals surface area contributed by atoms with Crippen molar-refractivity contribution in [2.45, 2.75) is 52.4 Å². The molecule has 0 saturated carbocycles. The van der Waals surface area contributed by atoms with Gasteiger partial charge in [-0.05, 0) is 23.0 Å². The van der Waals surface area contributed by atoms with Crippen molar-refractivity contribution in [2.24, 2.45) is 0 Å². The Morgan fingerprint density at radius 1 is 0.733 bits per heavy atom. The molecule has 0 aliphatic heterocycles. The molecule has 0 aromatic heterocycles. The van der Waals surface area contributed by atoms with Crippen molar-refractivity contribution in [1.82, 2.24) is 0 Å². The molecule has 2 amide bonds. The minimum absolute atomic E-state index is 0.0382. The fourth-order valence-corrected chi connectivity index (χ4v) is 3.06. The quantitative estimate of drug-likeness (QED) is 0.503. The third-order valence-corrected chi connectivity index (χ3v) is 4.75. The van der Waals surface area contributed by atoms with E-state index in [0.717, 1.165) is 0 Å². The van der Waals surface area contributed by atoms with E-state index < -0.39 is 6.03 Å². The van der Waals surface area contributed by atoms with E-state index in [1.807, 2.05) is 41.5 Å². The first-order valence-electron chi connectivity index (χ1n) is 9.69. The van der Waals surface area contributed by atoms with Gasteiger partial charge >= 0.3 is 6.03 Å². The van der Waals surface area contributed by atoms with Crippen molar-refractivity contribution in [2.75, 3.05) is 24.9 Å². The van der Waals surface area contributed by atoms with Gasteiger partial charge in [0.1, 0.15) is 23.0 Å². The predicted molar refractivity (Wildman–Crippen MR) is 119 cm³/mol. The van der Waals surface area contributed by atoms with Gasteiger partial charge < -0.3 is 30.3 Å². The summed E-state index contributed by atoms with van der Waals surface area (Å²) in [5.74, 6) is 0.937. The lowest BCUT2D eigenvalue weighted by Crippen LogP contribution is -2.21. The van der Waals surface area contributed by atoms with Crippen LogP contribution >= 0.6 is 0 Å². The first-order valence-corrected chi connectivity index (χ1v) is 9.69. The number of carbonyl (C=O) groups excluding carboxylic acids is 1. The van der Waals surface area contributed by atoms with E-state index in [0.29, 0.717) is 22.6 Å². The number of benzene rings is 2. The number of carbonyl (C=O) groups is 1. The van der Waals surface area contributed by atoms with Gasteiger partial charge in [-0.2, -0.15) is 0 Å². The molecule has 7 heteroatoms. The molecule has 0 spiro atoms. The van der Waals surface area contributed by atoms with Gasteiger partial charge in [0.25, 0.3) is 0 Å². The van der Waals surface area contributed by atoms with Gasteiger partial charge in [0.2, 0.25) is 0 Å². The van der Waals surface area contributed by atoms with Gasteiger partial charge in [0.15, 0.2) is 0 Å². The molecule has 0 aliphatic rings. The van der Waals surface area contributed by atoms with Crippen molar-refractivity contribution >= 4 is 17.4 Å². The van der Waals surface area contributed by atoms with Crippen LogP contribution in [0.4, 0.5) is 16.2 Å². The lowest BCUT2D eigenvalue weighted by Gasteiger charge is -2.24. The Morgan fingerprint density at radius 2 is 1.07 bits per heavy atom. The highest BCUT2D eigenvalue weighted by Gasteiger charge is 2.25. The van der Waals surface area contributed by atoms with Gasteiger partial charge in [-0.3, -0.25) is 0 Å². The van der Waals surface area contributed by atoms with E-state index in [1.165, 1.54) is 26.4 Å². The summed E-state index contributed by atoms with van der Waals surface area (Å²) >= 11 is 0. The van der Waals surface area contributed by atoms with Crippen LogP contribution in [0, 0.1) is 0 Å². The number of hydrogen-bond acceptors (Lipinski definition) is 5. The Labute approximate surface area is 178 Å². The third-order valence-electron chi connectivity index (χ3n) is 4.75. The number of urea groups is 1. The second kappa shape index (κ2) is 8.34. The summed E-state index contributed by atoms with van der Waals surface area (Å²) in [7, 11) is 3.04. The third kappa shape index (κ3) is 5.09. The summed E-state index contributed by atoms with van der Waals surface area (Å²) in [4.78, 5) is 12.7. The van der Waals surface area contributed by atoms with Crippen molar-refractivity contribution in [3.05, 3.63) is 35.4 Å². The molecule has 30 heavy (non-hydrogen) atoms. The largest absolute Gasteiger partial charge is 0.505 e. The number of anilines is 2. The number of amides is 2. The van der Waals surface area contributed by atoms with Crippen LogP contribution in [0.15, 0.2) is 24.3 Å². The average Bonchev–Trinajstić information content (AvgIpc) is 2.63. The van der Waals surface area contributed by atoms with Crippen molar-refractivity contribution in [1.29, 1.82) is 0 Å². The Balaban J connectivity index is 2.39. The normalized spacial score (nSPS) is 11.7. The molecule has 0 radical (unpaired) electrons. The molecule has 0 bridgehead atoms. The van der Waals surface area contributed by atoms with Crippen LogP contribution in [0.2, 0.25) is 0 Å². The first-order chi connectivity index (χ1) is 13.8. The lowest BCUT2D eigenvalue weighted by molar-refractivity contribution is 0.262. The minimum Gasteiger partial charge on any atom is -0.505 e. The van der Waals surface area contributed by atoms with Gasteiger partial charge in [-0.15, -0.1) is 0 Å². The zero-order chi connectivity index (χ0) is 22.9. The van der Waals surface area contributed by atoms with Crippen LogP contribution in [0.1, 0.15) is 52.7 Å². The van der Waals surface area contributed by atoms with Gasteiger partial charge in [0.05, 0.1) is 25.6 Å². The first kappa shape index (κ1) is 23.2. The van der Waals surface area contributed by atoms with Crippen LogP contribution in [-0.4, -0.2) is 30.5 Å². The molecule has 0 fully saturated rings. The van der Waals surface area contributed by atoms with E-state index >= 15 is 0 Å². The van der Waals surface area contributed by atoms with Gasteiger partial charge in [0, 0.05) is 23.3 Å². The number of ether oxygens (including phenoxy) is 2. The highest BCUT2D eigenvalue weighted by Crippen LogP contribution is 2.41. The van der Waals surface area contributed by atoms with Crippen LogP contribution in [0.5, 0.6) is 23.0 Å². The Kier molecular flexibility index (Phi) is 6.45. The zero-order valence-corrected chi connectivity index (χ0v) is 18.9. The summed E-state index contributed by atoms with van der Waals surface area (Å²) in [5, 5.41) is 26.6. The molecule has 0 unspecified atom stereocenters. The molecule has 0 aliphatic carbocycles. The summed E-state index contributed by atoms with van der Waals surface area (Å²) in [6.45, 7) is 11.7. The summed E-state index contributed by atoms with van der Waals surface area (Å²) in [6.07, 6.45) is 0. The molecule has 2 rings (SSSR count). The van der Waals surface area contributed by atoms with E-state index in [1.54, 1.807) is 12.1 Å². The number of hydrogen-bond donors (Lipinski definition) is 4. The van der Waals surface area contributed by atoms with Crippen molar-refractivity contribution in [3.63, 3.8) is 0 Å². The predicted octanol–water partition coefficient (Wildman–Crippen LogP) is 5.35. The van der Waals surface area contributed by atoms with Gasteiger partial charge in [-0.1, -0.05) is 41.5 Å². The molecule has 0 saturated heterocycles. The van der Waals surface area contributed by atoms with Crippen LogP contribution < -0.4 is 20.1 Å². The summed E-state index contributed by atoms with van der Waals surface area (Å²) < 4.78 is 10.6.